The van der Waals surface area contributed by atoms with Crippen molar-refractivity contribution in [2.75, 3.05) is 0 Å². The van der Waals surface area contributed by atoms with E-state index in [1.54, 1.807) is 0 Å². The minimum Gasteiger partial charge on any atom is -0.309 e. The summed E-state index contributed by atoms with van der Waals surface area (Å²) in [6.07, 6.45) is 3.40. The van der Waals surface area contributed by atoms with Gasteiger partial charge in [0.2, 0.25) is 0 Å². The number of fused-ring (bicyclic) bond motifs is 6. The highest BCUT2D eigenvalue weighted by Crippen LogP contribution is 2.49. The van der Waals surface area contributed by atoms with Crippen molar-refractivity contribution in [1.82, 2.24) is 9.13 Å². The minimum atomic E-state index is -0.156. The number of unbranched alkanes of at least 4 members (excludes halogenated alkanes) is 1. The van der Waals surface area contributed by atoms with Crippen molar-refractivity contribution in [2.24, 2.45) is 0 Å². The van der Waals surface area contributed by atoms with Crippen molar-refractivity contribution in [1.29, 1.82) is 0 Å². The van der Waals surface area contributed by atoms with Gasteiger partial charge in [-0.15, -0.1) is 0 Å². The normalized spacial score (nSPS) is 13.4. The molecule has 61 heavy (non-hydrogen) atoms. The summed E-state index contributed by atoms with van der Waals surface area (Å²) in [5, 5.41) is 5.35. The van der Waals surface area contributed by atoms with Gasteiger partial charge >= 0.3 is 0 Å². The van der Waals surface area contributed by atoms with Crippen molar-refractivity contribution in [2.45, 2.75) is 150 Å². The van der Waals surface area contributed by atoms with Crippen molar-refractivity contribution < 1.29 is 0 Å². The molecule has 2 heterocycles. The summed E-state index contributed by atoms with van der Waals surface area (Å²) in [6.45, 7) is 35.4. The number of para-hydroxylation sites is 1. The van der Waals surface area contributed by atoms with Gasteiger partial charge < -0.3 is 9.13 Å². The first-order chi connectivity index (χ1) is 28.5. The molecular formula is C59H70N2. The maximum Gasteiger partial charge on any atom is 0.0547 e. The lowest BCUT2D eigenvalue weighted by atomic mass is 9.76. The Balaban J connectivity index is 1.60. The number of hydrogen-bond donors (Lipinski definition) is 0. The highest BCUT2D eigenvalue weighted by molar-refractivity contribution is 6.19. The molecular weight excluding hydrogens is 737 g/mol. The quantitative estimate of drug-likeness (QED) is 0.152. The zero-order valence-electron chi connectivity index (χ0n) is 40.0. The summed E-state index contributed by atoms with van der Waals surface area (Å²) in [4.78, 5) is 0. The fourth-order valence-corrected chi connectivity index (χ4v) is 9.71. The van der Waals surface area contributed by atoms with E-state index in [1.165, 1.54) is 93.9 Å². The second-order valence-corrected chi connectivity index (χ2v) is 22.8. The van der Waals surface area contributed by atoms with Crippen LogP contribution < -0.4 is 0 Å². The van der Waals surface area contributed by atoms with E-state index in [0.717, 1.165) is 19.3 Å². The van der Waals surface area contributed by atoms with Gasteiger partial charge in [0.15, 0.2) is 0 Å². The third kappa shape index (κ3) is 7.53. The lowest BCUT2D eigenvalue weighted by molar-refractivity contribution is 0.460. The maximum atomic E-state index is 2.62. The predicted molar refractivity (Wildman–Crippen MR) is 268 cm³/mol. The van der Waals surface area contributed by atoms with E-state index in [1.807, 2.05) is 0 Å². The Kier molecular flexibility index (Phi) is 10.3. The summed E-state index contributed by atoms with van der Waals surface area (Å²) in [5.41, 5.74) is 16.9. The summed E-state index contributed by atoms with van der Waals surface area (Å²) < 4.78 is 5.16. The average molecular weight is 807 g/mol. The number of benzene rings is 6. The lowest BCUT2D eigenvalue weighted by Gasteiger charge is -2.30. The van der Waals surface area contributed by atoms with Crippen LogP contribution in [-0.4, -0.2) is 9.13 Å². The second-order valence-electron chi connectivity index (χ2n) is 22.8. The molecule has 0 atom stereocenters. The standard InChI is InChI=1S/C59H70N2/c1-16-17-32-59(14,15)54-51(61-47-28-26-39(55(2,3)4)36-45(47)46-37-40(56(5,6)7)27-29-48(46)61)31-30-50-53(54)52-44(24-21-25-49(52)60(50)43-22-19-18-20-23-43)38-33-41(57(8,9)10)35-42(34-38)58(11,12)13/h18-31,33-37H,16-17,32H2,1-15H3. The van der Waals surface area contributed by atoms with Crippen molar-refractivity contribution in [3.05, 3.63) is 143 Å². The third-order valence-corrected chi connectivity index (χ3v) is 13.5. The van der Waals surface area contributed by atoms with E-state index in [9.17, 15) is 0 Å². The Hall–Kier alpha value is -5.08. The smallest absolute Gasteiger partial charge is 0.0547 e. The molecule has 0 bridgehead atoms. The van der Waals surface area contributed by atoms with E-state index in [0.29, 0.717) is 0 Å². The maximum absolute atomic E-state index is 2.62. The molecule has 0 unspecified atom stereocenters. The number of hydrogen-bond acceptors (Lipinski definition) is 0. The zero-order chi connectivity index (χ0) is 44.0. The van der Waals surface area contributed by atoms with Gasteiger partial charge in [-0.1, -0.05) is 177 Å². The summed E-state index contributed by atoms with van der Waals surface area (Å²) >= 11 is 0. The summed E-state index contributed by atoms with van der Waals surface area (Å²) in [5.74, 6) is 0. The first-order valence-corrected chi connectivity index (χ1v) is 22.9. The number of nitrogens with zero attached hydrogens (tertiary/aromatic N) is 2. The van der Waals surface area contributed by atoms with Gasteiger partial charge in [0.1, 0.15) is 0 Å². The molecule has 8 aromatic rings. The van der Waals surface area contributed by atoms with E-state index in [2.05, 4.69) is 228 Å². The molecule has 316 valence electrons. The molecule has 2 heteroatoms. The lowest BCUT2D eigenvalue weighted by Crippen LogP contribution is -2.20. The molecule has 0 N–H and O–H groups in total. The SMILES string of the molecule is CCCCC(C)(C)c1c(-n2c3ccc(C(C)(C)C)cc3c3cc(C(C)(C)C)ccc32)ccc2c1c1c(-c3cc(C(C)(C)C)cc(C(C)(C)C)c3)cccc1n2-c1ccccc1. The first kappa shape index (κ1) is 42.6. The Bertz CT molecular complexity index is 2830. The fraction of sp³-hybridized carbons (Fsp3) is 0.390. The van der Waals surface area contributed by atoms with E-state index >= 15 is 0 Å². The molecule has 2 aromatic heterocycles. The molecule has 6 aromatic carbocycles. The van der Waals surface area contributed by atoms with Crippen LogP contribution in [0.15, 0.2) is 115 Å². The zero-order valence-corrected chi connectivity index (χ0v) is 40.0. The van der Waals surface area contributed by atoms with Crippen LogP contribution in [0.3, 0.4) is 0 Å². The largest absolute Gasteiger partial charge is 0.309 e. The van der Waals surface area contributed by atoms with Crippen LogP contribution in [0.5, 0.6) is 0 Å². The van der Waals surface area contributed by atoms with Crippen molar-refractivity contribution >= 4 is 43.6 Å². The van der Waals surface area contributed by atoms with E-state index in [-0.39, 0.29) is 27.1 Å². The van der Waals surface area contributed by atoms with Crippen LogP contribution in [0.25, 0.3) is 66.1 Å². The van der Waals surface area contributed by atoms with Gasteiger partial charge in [-0.3, -0.25) is 0 Å². The van der Waals surface area contributed by atoms with E-state index in [4.69, 9.17) is 0 Å². The van der Waals surface area contributed by atoms with Gasteiger partial charge in [-0.05, 0) is 127 Å². The highest BCUT2D eigenvalue weighted by atomic mass is 15.0. The molecule has 2 nitrogen and oxygen atoms in total. The average Bonchev–Trinajstić information content (AvgIpc) is 3.70. The van der Waals surface area contributed by atoms with E-state index < -0.39 is 0 Å². The third-order valence-electron chi connectivity index (χ3n) is 13.5. The molecule has 0 radical (unpaired) electrons. The molecule has 8 rings (SSSR count). The Morgan fingerprint density at radius 2 is 0.934 bits per heavy atom. The fourth-order valence-electron chi connectivity index (χ4n) is 9.71. The molecule has 0 aliphatic heterocycles. The molecule has 0 amide bonds. The second kappa shape index (κ2) is 14.8. The van der Waals surface area contributed by atoms with Crippen LogP contribution in [0.1, 0.15) is 151 Å². The van der Waals surface area contributed by atoms with Crippen LogP contribution in [0.2, 0.25) is 0 Å². The molecule has 0 saturated carbocycles. The predicted octanol–water partition coefficient (Wildman–Crippen LogP) is 17.2. The highest BCUT2D eigenvalue weighted by Gasteiger charge is 2.33. The minimum absolute atomic E-state index is 0.00133. The summed E-state index contributed by atoms with van der Waals surface area (Å²) in [7, 11) is 0. The van der Waals surface area contributed by atoms with Crippen LogP contribution in [0, 0.1) is 0 Å². The summed E-state index contributed by atoms with van der Waals surface area (Å²) in [6, 6.07) is 44.9. The Labute approximate surface area is 367 Å². The van der Waals surface area contributed by atoms with Crippen LogP contribution in [-0.2, 0) is 27.1 Å². The van der Waals surface area contributed by atoms with Gasteiger partial charge in [-0.2, -0.15) is 0 Å². The van der Waals surface area contributed by atoms with Gasteiger partial charge in [0.25, 0.3) is 0 Å². The molecule has 0 aliphatic carbocycles. The first-order valence-electron chi connectivity index (χ1n) is 22.9. The topological polar surface area (TPSA) is 9.86 Å². The van der Waals surface area contributed by atoms with Crippen LogP contribution >= 0.6 is 0 Å². The van der Waals surface area contributed by atoms with Crippen LogP contribution in [0.4, 0.5) is 0 Å². The molecule has 0 fully saturated rings. The monoisotopic (exact) mass is 807 g/mol. The van der Waals surface area contributed by atoms with Crippen molar-refractivity contribution in [3.8, 4) is 22.5 Å². The van der Waals surface area contributed by atoms with Crippen molar-refractivity contribution in [3.63, 3.8) is 0 Å². The molecule has 0 spiro atoms. The molecule has 0 aliphatic rings. The van der Waals surface area contributed by atoms with Gasteiger partial charge in [-0.25, -0.2) is 0 Å². The Morgan fingerprint density at radius 3 is 1.44 bits per heavy atom. The van der Waals surface area contributed by atoms with Gasteiger partial charge in [0, 0.05) is 27.2 Å². The number of aromatic nitrogens is 2. The number of rotatable bonds is 7. The van der Waals surface area contributed by atoms with Gasteiger partial charge in [0.05, 0.1) is 27.8 Å². The molecule has 0 saturated heterocycles. The Morgan fingerprint density at radius 1 is 0.426 bits per heavy atom.